The molecule has 10 heteroatoms. The van der Waals surface area contributed by atoms with Crippen LogP contribution in [0.15, 0.2) is 53.6 Å². The van der Waals surface area contributed by atoms with E-state index in [1.165, 1.54) is 35.4 Å². The summed E-state index contributed by atoms with van der Waals surface area (Å²) in [5, 5.41) is 0.845. The molecule has 0 aliphatic carbocycles. The van der Waals surface area contributed by atoms with Crippen LogP contribution >= 0.6 is 23.3 Å². The Kier molecular flexibility index (Phi) is 7.38. The van der Waals surface area contributed by atoms with Crippen LogP contribution in [0, 0.1) is 19.7 Å². The molecule has 0 aliphatic rings. The molecule has 0 unspecified atom stereocenters. The first-order chi connectivity index (χ1) is 17.5. The maximum Gasteiger partial charge on any atom is 0.215 e. The number of hydrogen-bond donors (Lipinski definition) is 1. The third-order valence-corrected chi connectivity index (χ3v) is 7.19. The minimum atomic E-state index is -0.245. The number of nitrogens with zero attached hydrogens (tertiary/aromatic N) is 4. The van der Waals surface area contributed by atoms with Crippen molar-refractivity contribution in [2.75, 3.05) is 20.3 Å². The standard InChI is InChI=1S/C26H24FN5O2S2/c1-15-10-20(24-21(11-15)30-18(13-28-24)14-33-3)25-32-23-16(2)12-22(31-26(23)35-25)34-9-8-29-36-19-6-4-17(27)5-7-19/h4-7,10-13,29H,8-9,14H2,1-3H3. The largest absolute Gasteiger partial charge is 0.476 e. The van der Waals surface area contributed by atoms with E-state index in [9.17, 15) is 4.39 Å². The first kappa shape index (κ1) is 24.5. The molecule has 1 N–H and O–H groups in total. The summed E-state index contributed by atoms with van der Waals surface area (Å²) < 4.78 is 27.3. The van der Waals surface area contributed by atoms with E-state index in [0.717, 1.165) is 53.7 Å². The van der Waals surface area contributed by atoms with Crippen LogP contribution in [0.25, 0.3) is 32.0 Å². The van der Waals surface area contributed by atoms with Gasteiger partial charge >= 0.3 is 0 Å². The lowest BCUT2D eigenvalue weighted by Crippen LogP contribution is -2.14. The van der Waals surface area contributed by atoms with Crippen molar-refractivity contribution in [3.63, 3.8) is 0 Å². The zero-order chi connectivity index (χ0) is 25.1. The van der Waals surface area contributed by atoms with Gasteiger partial charge in [-0.1, -0.05) is 11.3 Å². The van der Waals surface area contributed by atoms with Crippen LogP contribution in [0.4, 0.5) is 4.39 Å². The summed E-state index contributed by atoms with van der Waals surface area (Å²) in [6.45, 7) is 5.51. The molecule has 5 aromatic rings. The van der Waals surface area contributed by atoms with E-state index in [4.69, 9.17) is 24.4 Å². The topological polar surface area (TPSA) is 82.1 Å². The number of ether oxygens (including phenoxy) is 2. The van der Waals surface area contributed by atoms with Crippen LogP contribution in [0.1, 0.15) is 16.8 Å². The van der Waals surface area contributed by atoms with Gasteiger partial charge in [0, 0.05) is 30.2 Å². The molecule has 0 atom stereocenters. The van der Waals surface area contributed by atoms with E-state index in [0.29, 0.717) is 25.6 Å². The summed E-state index contributed by atoms with van der Waals surface area (Å²) >= 11 is 2.95. The molecule has 0 amide bonds. The van der Waals surface area contributed by atoms with Gasteiger partial charge in [0.2, 0.25) is 5.88 Å². The minimum Gasteiger partial charge on any atom is -0.476 e. The Balaban J connectivity index is 1.33. The molecule has 7 nitrogen and oxygen atoms in total. The first-order valence-corrected chi connectivity index (χ1v) is 13.0. The Bertz CT molecular complexity index is 1530. The van der Waals surface area contributed by atoms with E-state index < -0.39 is 0 Å². The number of hydrogen-bond acceptors (Lipinski definition) is 9. The van der Waals surface area contributed by atoms with Gasteiger partial charge in [0.05, 0.1) is 29.5 Å². The summed E-state index contributed by atoms with van der Waals surface area (Å²) in [6.07, 6.45) is 1.75. The third-order valence-electron chi connectivity index (χ3n) is 5.36. The molecule has 2 aromatic carbocycles. The highest BCUT2D eigenvalue weighted by molar-refractivity contribution is 7.97. The molecule has 184 valence electrons. The van der Waals surface area contributed by atoms with Crippen molar-refractivity contribution >= 4 is 44.7 Å². The third kappa shape index (κ3) is 5.46. The number of pyridine rings is 1. The van der Waals surface area contributed by atoms with E-state index >= 15 is 0 Å². The van der Waals surface area contributed by atoms with Crippen LogP contribution in [0.3, 0.4) is 0 Å². The molecule has 0 saturated carbocycles. The number of aryl methyl sites for hydroxylation is 2. The lowest BCUT2D eigenvalue weighted by Gasteiger charge is -2.07. The summed E-state index contributed by atoms with van der Waals surface area (Å²) in [5.41, 5.74) is 6.28. The fraction of sp³-hybridized carbons (Fsp3) is 0.231. The Morgan fingerprint density at radius 2 is 1.86 bits per heavy atom. The fourth-order valence-corrected chi connectivity index (χ4v) is 5.39. The monoisotopic (exact) mass is 521 g/mol. The second-order valence-corrected chi connectivity index (χ2v) is 10.2. The van der Waals surface area contributed by atoms with Crippen molar-refractivity contribution in [2.24, 2.45) is 0 Å². The molecule has 0 spiro atoms. The number of benzene rings is 2. The average Bonchev–Trinajstić information content (AvgIpc) is 3.29. The molecule has 36 heavy (non-hydrogen) atoms. The normalized spacial score (nSPS) is 11.4. The quantitative estimate of drug-likeness (QED) is 0.190. The van der Waals surface area contributed by atoms with Gasteiger partial charge < -0.3 is 9.47 Å². The molecule has 0 saturated heterocycles. The van der Waals surface area contributed by atoms with Gasteiger partial charge in [0.25, 0.3) is 0 Å². The van der Waals surface area contributed by atoms with Crippen LogP contribution < -0.4 is 9.46 Å². The van der Waals surface area contributed by atoms with Gasteiger partial charge in [-0.2, -0.15) is 0 Å². The van der Waals surface area contributed by atoms with E-state index in [1.54, 1.807) is 25.4 Å². The molecule has 0 radical (unpaired) electrons. The lowest BCUT2D eigenvalue weighted by molar-refractivity contribution is 0.181. The summed E-state index contributed by atoms with van der Waals surface area (Å²) in [7, 11) is 1.64. The van der Waals surface area contributed by atoms with Crippen LogP contribution in [0.5, 0.6) is 5.88 Å². The predicted octanol–water partition coefficient (Wildman–Crippen LogP) is 5.88. The summed E-state index contributed by atoms with van der Waals surface area (Å²) in [5.74, 6) is 0.312. The number of methoxy groups -OCH3 is 1. The van der Waals surface area contributed by atoms with Gasteiger partial charge in [-0.05, 0) is 73.3 Å². The van der Waals surface area contributed by atoms with Crippen molar-refractivity contribution in [2.45, 2.75) is 25.3 Å². The van der Waals surface area contributed by atoms with Crippen LogP contribution in [-0.4, -0.2) is 40.2 Å². The number of nitrogens with one attached hydrogen (secondary N) is 1. The smallest absolute Gasteiger partial charge is 0.215 e. The van der Waals surface area contributed by atoms with Crippen molar-refractivity contribution in [1.29, 1.82) is 0 Å². The second-order valence-electron chi connectivity index (χ2n) is 8.22. The Morgan fingerprint density at radius 1 is 1.03 bits per heavy atom. The highest BCUT2D eigenvalue weighted by Gasteiger charge is 2.16. The molecule has 3 aromatic heterocycles. The lowest BCUT2D eigenvalue weighted by atomic mass is 10.1. The van der Waals surface area contributed by atoms with Gasteiger partial charge in [-0.15, -0.1) is 0 Å². The highest BCUT2D eigenvalue weighted by Crippen LogP contribution is 2.35. The molecular weight excluding hydrogens is 497 g/mol. The van der Waals surface area contributed by atoms with E-state index in [-0.39, 0.29) is 5.82 Å². The Morgan fingerprint density at radius 3 is 2.67 bits per heavy atom. The zero-order valence-electron chi connectivity index (χ0n) is 20.0. The molecule has 0 aliphatic heterocycles. The fourth-order valence-electron chi connectivity index (χ4n) is 3.74. The molecule has 5 rings (SSSR count). The summed E-state index contributed by atoms with van der Waals surface area (Å²) in [4.78, 5) is 20.7. The Hall–Kier alpha value is -3.18. The van der Waals surface area contributed by atoms with Crippen molar-refractivity contribution < 1.29 is 13.9 Å². The van der Waals surface area contributed by atoms with Crippen molar-refractivity contribution in [1.82, 2.24) is 24.7 Å². The first-order valence-electron chi connectivity index (χ1n) is 11.3. The van der Waals surface area contributed by atoms with Gasteiger partial charge in [0.15, 0.2) is 0 Å². The number of rotatable bonds is 9. The molecule has 0 fully saturated rings. The maximum atomic E-state index is 13.0. The van der Waals surface area contributed by atoms with Gasteiger partial charge in [0.1, 0.15) is 27.8 Å². The van der Waals surface area contributed by atoms with Crippen molar-refractivity contribution in [3.05, 3.63) is 71.3 Å². The van der Waals surface area contributed by atoms with Crippen LogP contribution in [-0.2, 0) is 11.3 Å². The van der Waals surface area contributed by atoms with Crippen molar-refractivity contribution in [3.8, 4) is 16.5 Å². The number of thiazole rings is 1. The average molecular weight is 522 g/mol. The maximum absolute atomic E-state index is 13.0. The molecule has 3 heterocycles. The number of halogens is 1. The number of aromatic nitrogens is 4. The predicted molar refractivity (Wildman–Crippen MR) is 142 cm³/mol. The summed E-state index contributed by atoms with van der Waals surface area (Å²) in [6, 6.07) is 12.4. The highest BCUT2D eigenvalue weighted by atomic mass is 32.2. The van der Waals surface area contributed by atoms with Crippen LogP contribution in [0.2, 0.25) is 0 Å². The van der Waals surface area contributed by atoms with Gasteiger partial charge in [-0.3, -0.25) is 9.71 Å². The SMILES string of the molecule is COCc1cnc2c(-c3nc4c(C)cc(OCCNSc5ccc(F)cc5)nc4s3)cc(C)cc2n1. The minimum absolute atomic E-state index is 0.245. The zero-order valence-corrected chi connectivity index (χ0v) is 21.7. The second kappa shape index (κ2) is 10.8. The number of fused-ring (bicyclic) bond motifs is 2. The molecular formula is C26H24FN5O2S2. The molecule has 0 bridgehead atoms. The van der Waals surface area contributed by atoms with E-state index in [1.807, 2.05) is 26.0 Å². The van der Waals surface area contributed by atoms with E-state index in [2.05, 4.69) is 15.8 Å². The Labute approximate surface area is 216 Å². The van der Waals surface area contributed by atoms with Gasteiger partial charge in [-0.25, -0.2) is 19.3 Å².